The molecule has 17 heteroatoms. The maximum atomic E-state index is 10.9. The maximum Gasteiger partial charge on any atom is 0.147 e. The summed E-state index contributed by atoms with van der Waals surface area (Å²) in [7, 11) is 0. The van der Waals surface area contributed by atoms with Crippen LogP contribution in [-0.4, -0.2) is 68.2 Å². The van der Waals surface area contributed by atoms with Gasteiger partial charge in [-0.05, 0) is 207 Å². The molecule has 1 saturated heterocycles. The van der Waals surface area contributed by atoms with Crippen LogP contribution in [0.15, 0.2) is 88.8 Å². The fourth-order valence-corrected chi connectivity index (χ4v) is 12.1. The Labute approximate surface area is 402 Å². The number of aliphatic hydroxyl groups is 2. The molecule has 0 saturated carbocycles. The summed E-state index contributed by atoms with van der Waals surface area (Å²) in [5.74, 6) is 2.42. The molecular formula is C39H37Br9O8. The number of epoxide rings is 1. The number of ether oxygens (including phenoxy) is 6. The van der Waals surface area contributed by atoms with E-state index in [9.17, 15) is 10.2 Å². The molecule has 8 nitrogen and oxygen atoms in total. The van der Waals surface area contributed by atoms with Crippen molar-refractivity contribution in [2.45, 2.75) is 57.0 Å². The van der Waals surface area contributed by atoms with E-state index in [0.717, 1.165) is 60.4 Å². The van der Waals surface area contributed by atoms with Crippen LogP contribution >= 0.6 is 143 Å². The molecule has 2 N–H and O–H groups in total. The van der Waals surface area contributed by atoms with Gasteiger partial charge in [0.1, 0.15) is 67.7 Å². The Morgan fingerprint density at radius 3 is 1.23 bits per heavy atom. The SMILES string of the molecule is CC(C)(OCC(O)COc1c(Br)cc(Br)cc1Br)c1cc(Br)c(OCC(O)COc2c(Br)cc(C(C)(C)c3cc(Br)c(OCC4CO4)c(Br)c3)cc2Br)c(Br)c1. The van der Waals surface area contributed by atoms with E-state index >= 15 is 0 Å². The quantitative estimate of drug-likeness (QED) is 0.0951. The number of aliphatic hydroxyl groups excluding tert-OH is 2. The molecule has 0 amide bonds. The van der Waals surface area contributed by atoms with Crippen molar-refractivity contribution in [3.05, 3.63) is 105 Å². The first kappa shape index (κ1) is 47.3. The smallest absolute Gasteiger partial charge is 0.147 e. The minimum atomic E-state index is -0.938. The van der Waals surface area contributed by atoms with Gasteiger partial charge in [0.15, 0.2) is 0 Å². The van der Waals surface area contributed by atoms with Crippen molar-refractivity contribution >= 4 is 143 Å². The Morgan fingerprint density at radius 2 is 0.857 bits per heavy atom. The van der Waals surface area contributed by atoms with Gasteiger partial charge in [0, 0.05) is 9.89 Å². The van der Waals surface area contributed by atoms with Crippen LogP contribution in [0.1, 0.15) is 44.4 Å². The van der Waals surface area contributed by atoms with Crippen LogP contribution in [-0.2, 0) is 20.5 Å². The first-order valence-corrected chi connectivity index (χ1v) is 24.2. The normalized spacial score (nSPS) is 15.4. The van der Waals surface area contributed by atoms with E-state index in [4.69, 9.17) is 28.4 Å². The first-order chi connectivity index (χ1) is 26.3. The van der Waals surface area contributed by atoms with Crippen molar-refractivity contribution in [3.63, 3.8) is 0 Å². The molecule has 0 aliphatic carbocycles. The van der Waals surface area contributed by atoms with E-state index in [1.807, 2.05) is 50.2 Å². The van der Waals surface area contributed by atoms with E-state index in [1.165, 1.54) is 0 Å². The lowest BCUT2D eigenvalue weighted by molar-refractivity contribution is -0.0719. The lowest BCUT2D eigenvalue weighted by Gasteiger charge is -2.29. The minimum absolute atomic E-state index is 0.0108. The second kappa shape index (κ2) is 20.4. The first-order valence-electron chi connectivity index (χ1n) is 17.0. The molecule has 4 aromatic carbocycles. The zero-order chi connectivity index (χ0) is 41.1. The Bertz CT molecular complexity index is 1950. The molecule has 0 spiro atoms. The Hall–Kier alpha value is 0.240. The topological polar surface area (TPSA) is 99.1 Å². The minimum Gasteiger partial charge on any atom is -0.488 e. The third-order valence-corrected chi connectivity index (χ3v) is 14.0. The molecule has 0 bridgehead atoms. The van der Waals surface area contributed by atoms with Crippen molar-refractivity contribution in [2.24, 2.45) is 0 Å². The van der Waals surface area contributed by atoms with Gasteiger partial charge in [-0.25, -0.2) is 0 Å². The second-order valence-electron chi connectivity index (χ2n) is 14.0. The van der Waals surface area contributed by atoms with Crippen molar-refractivity contribution in [1.29, 1.82) is 0 Å². The molecule has 56 heavy (non-hydrogen) atoms. The molecule has 304 valence electrons. The number of rotatable bonds is 18. The second-order valence-corrected chi connectivity index (χ2v) is 21.7. The third-order valence-electron chi connectivity index (χ3n) is 8.81. The molecule has 5 rings (SSSR count). The van der Waals surface area contributed by atoms with Crippen LogP contribution in [0.4, 0.5) is 0 Å². The third kappa shape index (κ3) is 12.4. The van der Waals surface area contributed by atoms with Crippen molar-refractivity contribution in [1.82, 2.24) is 0 Å². The van der Waals surface area contributed by atoms with E-state index < -0.39 is 17.8 Å². The molecule has 1 fully saturated rings. The molecule has 0 aromatic heterocycles. The monoisotopic (exact) mass is 1340 g/mol. The average Bonchev–Trinajstić information content (AvgIpc) is 3.93. The summed E-state index contributed by atoms with van der Waals surface area (Å²) in [4.78, 5) is 0. The van der Waals surface area contributed by atoms with E-state index in [-0.39, 0.29) is 37.9 Å². The summed E-state index contributed by atoms with van der Waals surface area (Å²) in [5, 5.41) is 21.5. The van der Waals surface area contributed by atoms with E-state index in [2.05, 4.69) is 169 Å². The van der Waals surface area contributed by atoms with Crippen molar-refractivity contribution < 1.29 is 38.6 Å². The Balaban J connectivity index is 1.14. The molecule has 0 radical (unpaired) electrons. The number of halogens is 9. The highest BCUT2D eigenvalue weighted by molar-refractivity contribution is 9.12. The van der Waals surface area contributed by atoms with E-state index in [0.29, 0.717) is 32.8 Å². The predicted octanol–water partition coefficient (Wildman–Crippen LogP) is 13.2. The van der Waals surface area contributed by atoms with Crippen LogP contribution < -0.4 is 18.9 Å². The molecule has 4 aromatic rings. The standard InChI is InChI=1S/C39H37Br9O8/c1-38(2,20-7-28(43)36(29(44)8-20)55-18-25-17-51-25)19-5-26(41)34(27(42)6-19)52-13-23(49)14-53-35-30(45)9-21(10-31(35)46)39(3,4)56-16-24(50)15-54-37-32(47)11-22(40)12-33(37)48/h5-12,23-25,49-50H,13-18H2,1-4H3. The van der Waals surface area contributed by atoms with Crippen LogP contribution in [0.3, 0.4) is 0 Å². The molecule has 3 unspecified atom stereocenters. The fourth-order valence-electron chi connectivity index (χ4n) is 5.36. The molecule has 3 atom stereocenters. The predicted molar refractivity (Wildman–Crippen MR) is 250 cm³/mol. The highest BCUT2D eigenvalue weighted by Gasteiger charge is 2.30. The zero-order valence-electron chi connectivity index (χ0n) is 30.3. The number of benzene rings is 4. The molecule has 1 aliphatic rings. The number of hydrogen-bond donors (Lipinski definition) is 2. The number of hydrogen-bond acceptors (Lipinski definition) is 8. The highest BCUT2D eigenvalue weighted by Crippen LogP contribution is 2.45. The lowest BCUT2D eigenvalue weighted by Crippen LogP contribution is -2.30. The average molecular weight is 1350 g/mol. The van der Waals surface area contributed by atoms with Crippen LogP contribution in [0.25, 0.3) is 0 Å². The van der Waals surface area contributed by atoms with Gasteiger partial charge in [-0.1, -0.05) is 29.8 Å². The zero-order valence-corrected chi connectivity index (χ0v) is 44.6. The molecule has 1 heterocycles. The Kier molecular flexibility index (Phi) is 17.2. The molecule has 1 aliphatic heterocycles. The highest BCUT2D eigenvalue weighted by atomic mass is 79.9. The summed E-state index contributed by atoms with van der Waals surface area (Å²) < 4.78 is 42.3. The summed E-state index contributed by atoms with van der Waals surface area (Å²) >= 11 is 32.4. The lowest BCUT2D eigenvalue weighted by atomic mass is 9.78. The summed E-state index contributed by atoms with van der Waals surface area (Å²) in [6, 6.07) is 15.7. The van der Waals surface area contributed by atoms with Gasteiger partial charge in [-0.15, -0.1) is 0 Å². The fraction of sp³-hybridized carbons (Fsp3) is 0.385. The van der Waals surface area contributed by atoms with Gasteiger partial charge >= 0.3 is 0 Å². The summed E-state index contributed by atoms with van der Waals surface area (Å²) in [6.45, 7) is 9.43. The van der Waals surface area contributed by atoms with Crippen LogP contribution in [0, 0.1) is 0 Å². The van der Waals surface area contributed by atoms with Gasteiger partial charge in [0.05, 0.1) is 54.6 Å². The van der Waals surface area contributed by atoms with Crippen LogP contribution in [0.5, 0.6) is 23.0 Å². The van der Waals surface area contributed by atoms with Crippen molar-refractivity contribution in [2.75, 3.05) is 39.6 Å². The van der Waals surface area contributed by atoms with Gasteiger partial charge < -0.3 is 38.6 Å². The maximum absolute atomic E-state index is 10.9. The molecular weight excluding hydrogens is 1320 g/mol. The van der Waals surface area contributed by atoms with E-state index in [1.54, 1.807) is 0 Å². The van der Waals surface area contributed by atoms with Gasteiger partial charge in [0.25, 0.3) is 0 Å². The largest absolute Gasteiger partial charge is 0.488 e. The van der Waals surface area contributed by atoms with Crippen molar-refractivity contribution in [3.8, 4) is 23.0 Å². The summed E-state index contributed by atoms with van der Waals surface area (Å²) in [5.41, 5.74) is 1.81. The van der Waals surface area contributed by atoms with Crippen LogP contribution in [0.2, 0.25) is 0 Å². The van der Waals surface area contributed by atoms with Gasteiger partial charge in [-0.2, -0.15) is 0 Å². The van der Waals surface area contributed by atoms with Gasteiger partial charge in [0.2, 0.25) is 0 Å². The Morgan fingerprint density at radius 1 is 0.536 bits per heavy atom. The summed E-state index contributed by atoms with van der Waals surface area (Å²) in [6.07, 6.45) is -1.65. The van der Waals surface area contributed by atoms with Gasteiger partial charge in [-0.3, -0.25) is 0 Å².